The highest BCUT2D eigenvalue weighted by atomic mass is 16.5. The van der Waals surface area contributed by atoms with Crippen molar-refractivity contribution in [3.05, 3.63) is 59.2 Å². The van der Waals surface area contributed by atoms with Gasteiger partial charge in [0.25, 0.3) is 5.91 Å². The van der Waals surface area contributed by atoms with E-state index in [4.69, 9.17) is 9.47 Å². The van der Waals surface area contributed by atoms with Crippen LogP contribution in [0.5, 0.6) is 11.5 Å². The van der Waals surface area contributed by atoms with Gasteiger partial charge in [-0.3, -0.25) is 9.59 Å². The molecule has 9 heteroatoms. The highest BCUT2D eigenvalue weighted by Crippen LogP contribution is 2.25. The first-order chi connectivity index (χ1) is 15.4. The second-order valence-corrected chi connectivity index (χ2v) is 7.29. The van der Waals surface area contributed by atoms with E-state index in [1.165, 1.54) is 26.5 Å². The van der Waals surface area contributed by atoms with E-state index < -0.39 is 5.97 Å². The molecule has 2 N–H and O–H groups in total. The summed E-state index contributed by atoms with van der Waals surface area (Å²) in [7, 11) is 3.05. The number of nitrogens with zero attached hydrogens (tertiary/aromatic N) is 2. The van der Waals surface area contributed by atoms with E-state index in [-0.39, 0.29) is 23.3 Å². The third-order valence-corrected chi connectivity index (χ3v) is 5.32. The predicted molar refractivity (Wildman–Crippen MR) is 117 cm³/mol. The molecule has 1 aliphatic heterocycles. The number of hydrazone groups is 1. The van der Waals surface area contributed by atoms with Crippen molar-refractivity contribution in [1.29, 1.82) is 0 Å². The maximum atomic E-state index is 12.9. The Hall–Kier alpha value is -3.88. The van der Waals surface area contributed by atoms with Crippen molar-refractivity contribution in [1.82, 2.24) is 10.3 Å². The number of benzene rings is 2. The lowest BCUT2D eigenvalue weighted by atomic mass is 9.95. The van der Waals surface area contributed by atoms with Gasteiger partial charge >= 0.3 is 5.97 Å². The lowest BCUT2D eigenvalue weighted by molar-refractivity contribution is -0.126. The minimum absolute atomic E-state index is 0.103. The SMILES string of the molecule is COc1cc(OC)cc(C(=O)N2CCC(C(=O)N/N=C\c3ccccc3C(=O)O)CC2)c1. The summed E-state index contributed by atoms with van der Waals surface area (Å²) in [6.07, 6.45) is 2.32. The quantitative estimate of drug-likeness (QED) is 0.505. The molecule has 0 radical (unpaired) electrons. The monoisotopic (exact) mass is 439 g/mol. The van der Waals surface area contributed by atoms with E-state index in [0.717, 1.165) is 0 Å². The summed E-state index contributed by atoms with van der Waals surface area (Å²) in [6, 6.07) is 11.4. The summed E-state index contributed by atoms with van der Waals surface area (Å²) in [4.78, 5) is 38.2. The van der Waals surface area contributed by atoms with Gasteiger partial charge in [-0.25, -0.2) is 10.2 Å². The van der Waals surface area contributed by atoms with Gasteiger partial charge in [0.1, 0.15) is 11.5 Å². The van der Waals surface area contributed by atoms with Gasteiger partial charge in [-0.15, -0.1) is 0 Å². The number of piperidine rings is 1. The van der Waals surface area contributed by atoms with Gasteiger partial charge in [0.2, 0.25) is 5.91 Å². The number of hydrogen-bond acceptors (Lipinski definition) is 6. The van der Waals surface area contributed by atoms with Crippen LogP contribution in [0.2, 0.25) is 0 Å². The zero-order chi connectivity index (χ0) is 23.1. The molecule has 0 aromatic heterocycles. The number of methoxy groups -OCH3 is 2. The first kappa shape index (κ1) is 22.8. The first-order valence-corrected chi connectivity index (χ1v) is 10.1. The Balaban J connectivity index is 1.56. The highest BCUT2D eigenvalue weighted by Gasteiger charge is 2.28. The van der Waals surface area contributed by atoms with Crippen LogP contribution in [0.1, 0.15) is 39.1 Å². The molecule has 168 valence electrons. The Bertz CT molecular complexity index is 1010. The minimum atomic E-state index is -1.07. The van der Waals surface area contributed by atoms with Crippen LogP contribution in [0.3, 0.4) is 0 Å². The summed E-state index contributed by atoms with van der Waals surface area (Å²) in [5, 5.41) is 13.1. The van der Waals surface area contributed by atoms with Crippen molar-refractivity contribution in [3.8, 4) is 11.5 Å². The van der Waals surface area contributed by atoms with Crippen LogP contribution in [0, 0.1) is 5.92 Å². The molecule has 2 aromatic carbocycles. The van der Waals surface area contributed by atoms with Crippen LogP contribution < -0.4 is 14.9 Å². The van der Waals surface area contributed by atoms with E-state index in [1.54, 1.807) is 41.3 Å². The van der Waals surface area contributed by atoms with Crippen molar-refractivity contribution in [2.75, 3.05) is 27.3 Å². The number of likely N-dealkylation sites (tertiary alicyclic amines) is 1. The van der Waals surface area contributed by atoms with Gasteiger partial charge in [-0.1, -0.05) is 18.2 Å². The summed E-state index contributed by atoms with van der Waals surface area (Å²) in [5.41, 5.74) is 3.44. The van der Waals surface area contributed by atoms with Crippen LogP contribution >= 0.6 is 0 Å². The first-order valence-electron chi connectivity index (χ1n) is 10.1. The largest absolute Gasteiger partial charge is 0.497 e. The third-order valence-electron chi connectivity index (χ3n) is 5.32. The van der Waals surface area contributed by atoms with Crippen LogP contribution in [0.15, 0.2) is 47.6 Å². The fourth-order valence-corrected chi connectivity index (χ4v) is 3.52. The Morgan fingerprint density at radius 2 is 1.69 bits per heavy atom. The molecule has 0 aliphatic carbocycles. The van der Waals surface area contributed by atoms with Gasteiger partial charge in [0.15, 0.2) is 0 Å². The van der Waals surface area contributed by atoms with E-state index >= 15 is 0 Å². The molecule has 0 bridgehead atoms. The third kappa shape index (κ3) is 5.42. The van der Waals surface area contributed by atoms with E-state index in [2.05, 4.69) is 10.5 Å². The zero-order valence-electron chi connectivity index (χ0n) is 17.9. The van der Waals surface area contributed by atoms with Gasteiger partial charge in [0, 0.05) is 36.2 Å². The summed E-state index contributed by atoms with van der Waals surface area (Å²) in [5.74, 6) is -0.697. The number of aromatic carboxylic acids is 1. The van der Waals surface area contributed by atoms with Crippen molar-refractivity contribution in [2.45, 2.75) is 12.8 Å². The molecule has 0 atom stereocenters. The normalized spacial score (nSPS) is 14.2. The standard InChI is InChI=1S/C23H25N3O6/c1-31-18-11-17(12-19(13-18)32-2)22(28)26-9-7-15(8-10-26)21(27)25-24-14-16-5-3-4-6-20(16)23(29)30/h3-6,11-15H,7-10H2,1-2H3,(H,25,27)(H,29,30)/b24-14-. The molecular weight excluding hydrogens is 414 g/mol. The molecule has 1 heterocycles. The van der Waals surface area contributed by atoms with Crippen LogP contribution in [0.25, 0.3) is 0 Å². The van der Waals surface area contributed by atoms with Crippen LogP contribution in [-0.2, 0) is 4.79 Å². The lowest BCUT2D eigenvalue weighted by Gasteiger charge is -2.31. The molecule has 9 nitrogen and oxygen atoms in total. The van der Waals surface area contributed by atoms with Crippen molar-refractivity contribution in [2.24, 2.45) is 11.0 Å². The molecule has 2 amide bonds. The second-order valence-electron chi connectivity index (χ2n) is 7.29. The minimum Gasteiger partial charge on any atom is -0.497 e. The molecule has 32 heavy (non-hydrogen) atoms. The molecule has 0 saturated carbocycles. The topological polar surface area (TPSA) is 118 Å². The molecular formula is C23H25N3O6. The van der Waals surface area contributed by atoms with Crippen LogP contribution in [0.4, 0.5) is 0 Å². The number of carbonyl (C=O) groups excluding carboxylic acids is 2. The van der Waals surface area contributed by atoms with Gasteiger partial charge in [-0.05, 0) is 31.0 Å². The van der Waals surface area contributed by atoms with Gasteiger partial charge in [-0.2, -0.15) is 5.10 Å². The zero-order valence-corrected chi connectivity index (χ0v) is 17.9. The lowest BCUT2D eigenvalue weighted by Crippen LogP contribution is -2.42. The van der Waals surface area contributed by atoms with Crippen molar-refractivity contribution < 1.29 is 29.0 Å². The predicted octanol–water partition coefficient (Wildman–Crippen LogP) is 2.40. The summed E-state index contributed by atoms with van der Waals surface area (Å²) >= 11 is 0. The average molecular weight is 439 g/mol. The highest BCUT2D eigenvalue weighted by molar-refractivity contribution is 5.98. The fraction of sp³-hybridized carbons (Fsp3) is 0.304. The summed E-state index contributed by atoms with van der Waals surface area (Å²) in [6.45, 7) is 0.865. The number of carbonyl (C=O) groups is 3. The molecule has 0 unspecified atom stereocenters. The number of amides is 2. The number of carboxylic acid groups (broad SMARTS) is 1. The van der Waals surface area contributed by atoms with Crippen molar-refractivity contribution >= 4 is 24.0 Å². The molecule has 0 spiro atoms. The average Bonchev–Trinajstić information content (AvgIpc) is 2.83. The smallest absolute Gasteiger partial charge is 0.336 e. The van der Waals surface area contributed by atoms with E-state index in [1.807, 2.05) is 0 Å². The summed E-state index contributed by atoms with van der Waals surface area (Å²) < 4.78 is 10.4. The number of hydrogen-bond donors (Lipinski definition) is 2. The maximum absolute atomic E-state index is 12.9. The number of rotatable bonds is 7. The number of carboxylic acids is 1. The Kier molecular flexibility index (Phi) is 7.43. The van der Waals surface area contributed by atoms with Crippen LogP contribution in [-0.4, -0.2) is 61.3 Å². The number of ether oxygens (including phenoxy) is 2. The molecule has 2 aromatic rings. The molecule has 1 aliphatic rings. The Labute approximate surface area is 185 Å². The number of nitrogens with one attached hydrogen (secondary N) is 1. The van der Waals surface area contributed by atoms with Gasteiger partial charge < -0.3 is 19.5 Å². The molecule has 1 fully saturated rings. The van der Waals surface area contributed by atoms with Gasteiger partial charge in [0.05, 0.1) is 26.0 Å². The maximum Gasteiger partial charge on any atom is 0.336 e. The Morgan fingerprint density at radius 3 is 2.28 bits per heavy atom. The van der Waals surface area contributed by atoms with E-state index in [0.29, 0.717) is 48.6 Å². The Morgan fingerprint density at radius 1 is 1.06 bits per heavy atom. The van der Waals surface area contributed by atoms with E-state index in [9.17, 15) is 19.5 Å². The fourth-order valence-electron chi connectivity index (χ4n) is 3.52. The molecule has 1 saturated heterocycles. The van der Waals surface area contributed by atoms with Crippen molar-refractivity contribution in [3.63, 3.8) is 0 Å². The molecule has 3 rings (SSSR count). The second kappa shape index (κ2) is 10.4.